The lowest BCUT2D eigenvalue weighted by Crippen LogP contribution is -2.29. The van der Waals surface area contributed by atoms with Gasteiger partial charge in [-0.25, -0.2) is 4.79 Å². The molecule has 0 bridgehead atoms. The van der Waals surface area contributed by atoms with Crippen molar-refractivity contribution in [2.45, 2.75) is 47.4 Å². The number of esters is 1. The minimum Gasteiger partial charge on any atom is -0.481 e. The molecule has 0 fully saturated rings. The third-order valence-corrected chi connectivity index (χ3v) is 8.53. The lowest BCUT2D eigenvalue weighted by atomic mass is 9.96. The van der Waals surface area contributed by atoms with Gasteiger partial charge in [-0.3, -0.25) is 0 Å². The molecule has 41 heavy (non-hydrogen) atoms. The quantitative estimate of drug-likeness (QED) is 0.108. The summed E-state index contributed by atoms with van der Waals surface area (Å²) >= 11 is 0. The number of hydrogen-bond donors (Lipinski definition) is 0. The molecule has 0 radical (unpaired) electrons. The molecule has 0 aliphatic rings. The van der Waals surface area contributed by atoms with Gasteiger partial charge in [0.2, 0.25) is 0 Å². The van der Waals surface area contributed by atoms with Crippen molar-refractivity contribution in [3.05, 3.63) is 126 Å². The molecule has 8 heteroatoms. The molecule has 212 valence electrons. The van der Waals surface area contributed by atoms with Crippen LogP contribution in [0.3, 0.4) is 0 Å². The van der Waals surface area contributed by atoms with Crippen molar-refractivity contribution in [2.75, 3.05) is 6.61 Å². The summed E-state index contributed by atoms with van der Waals surface area (Å²) in [6, 6.07) is 29.8. The van der Waals surface area contributed by atoms with E-state index in [0.717, 1.165) is 28.2 Å². The molecule has 4 aromatic carbocycles. The van der Waals surface area contributed by atoms with Gasteiger partial charge in [0.25, 0.3) is 0 Å². The second-order valence-electron chi connectivity index (χ2n) is 9.46. The van der Waals surface area contributed by atoms with Crippen molar-refractivity contribution in [1.82, 2.24) is 0 Å². The molecule has 4 nitrogen and oxygen atoms in total. The fourth-order valence-electron chi connectivity index (χ4n) is 4.38. The number of carbonyl (C=O) groups is 1. The molecule has 0 aliphatic heterocycles. The van der Waals surface area contributed by atoms with Crippen molar-refractivity contribution >= 4 is 16.9 Å². The molecule has 0 spiro atoms. The molecule has 1 unspecified atom stereocenters. The first kappa shape index (κ1) is 29.8. The van der Waals surface area contributed by atoms with E-state index in [0.29, 0.717) is 11.3 Å². The number of aryl methyl sites for hydroxylation is 2. The third kappa shape index (κ3) is 7.52. The summed E-state index contributed by atoms with van der Waals surface area (Å²) in [5.41, 5.74) is 0.902. The normalized spacial score (nSPS) is 12.9. The summed E-state index contributed by atoms with van der Waals surface area (Å²) in [6.07, 6.45) is -3.39. The Kier molecular flexibility index (Phi) is 9.13. The van der Waals surface area contributed by atoms with Crippen LogP contribution in [0.15, 0.2) is 124 Å². The third-order valence-electron chi connectivity index (χ3n) is 6.34. The van der Waals surface area contributed by atoms with Crippen molar-refractivity contribution in [1.29, 1.82) is 0 Å². The van der Waals surface area contributed by atoms with Gasteiger partial charge in [0, 0.05) is 12.1 Å². The van der Waals surface area contributed by atoms with Gasteiger partial charge in [0.05, 0.1) is 10.9 Å². The van der Waals surface area contributed by atoms with Gasteiger partial charge in [-0.2, -0.15) is 0 Å². The molecule has 0 saturated carbocycles. The van der Waals surface area contributed by atoms with Crippen LogP contribution in [-0.4, -0.2) is 18.9 Å². The van der Waals surface area contributed by atoms with Crippen molar-refractivity contribution in [3.63, 3.8) is 0 Å². The molecule has 1 atom stereocenters. The van der Waals surface area contributed by atoms with Crippen LogP contribution in [0.4, 0.5) is 13.2 Å². The number of rotatable bonds is 10. The monoisotopic (exact) mass is 579 g/mol. The number of hydrogen-bond acceptors (Lipinski definition) is 4. The zero-order valence-corrected chi connectivity index (χ0v) is 23.7. The molecule has 0 amide bonds. The maximum absolute atomic E-state index is 12.8. The molecule has 4 aromatic rings. The second-order valence-corrected chi connectivity index (χ2v) is 11.5. The van der Waals surface area contributed by atoms with Gasteiger partial charge < -0.3 is 14.2 Å². The van der Waals surface area contributed by atoms with E-state index in [2.05, 4.69) is 47.7 Å². The van der Waals surface area contributed by atoms with Crippen molar-refractivity contribution in [2.24, 2.45) is 0 Å². The fourth-order valence-corrected chi connectivity index (χ4v) is 6.64. The maximum atomic E-state index is 12.8. The van der Waals surface area contributed by atoms with Gasteiger partial charge in [0.15, 0.2) is 26.9 Å². The van der Waals surface area contributed by atoms with Crippen molar-refractivity contribution < 1.29 is 32.2 Å². The Morgan fingerprint density at radius 2 is 1.34 bits per heavy atom. The average Bonchev–Trinajstić information content (AvgIpc) is 2.93. The Hall–Kier alpha value is -4.17. The van der Waals surface area contributed by atoms with Crippen LogP contribution in [0.2, 0.25) is 0 Å². The Bertz CT molecular complexity index is 1430. The van der Waals surface area contributed by atoms with E-state index >= 15 is 0 Å². The average molecular weight is 580 g/mol. The summed E-state index contributed by atoms with van der Waals surface area (Å²) in [5.74, 6) is -0.442. The summed E-state index contributed by atoms with van der Waals surface area (Å²) in [4.78, 5) is 16.3. The van der Waals surface area contributed by atoms with Crippen LogP contribution in [-0.2, 0) is 26.0 Å². The number of carbonyl (C=O) groups excluding carboxylic acids is 1. The topological polar surface area (TPSA) is 44.8 Å². The molecule has 0 saturated heterocycles. The summed E-state index contributed by atoms with van der Waals surface area (Å²) in [7, 11) is -0.329. The van der Waals surface area contributed by atoms with Crippen LogP contribution in [0, 0.1) is 13.8 Å². The highest BCUT2D eigenvalue weighted by Gasteiger charge is 2.33. The largest absolute Gasteiger partial charge is 0.573 e. The smallest absolute Gasteiger partial charge is 0.481 e. The van der Waals surface area contributed by atoms with E-state index in [9.17, 15) is 18.0 Å². The highest BCUT2D eigenvalue weighted by Crippen LogP contribution is 2.36. The van der Waals surface area contributed by atoms with Crippen LogP contribution in [0.1, 0.15) is 23.6 Å². The predicted molar refractivity (Wildman–Crippen MR) is 153 cm³/mol. The number of ether oxygens (including phenoxy) is 3. The Balaban J connectivity index is 1.49. The molecule has 0 aliphatic carbocycles. The Labute approximate surface area is 240 Å². The van der Waals surface area contributed by atoms with E-state index in [-0.39, 0.29) is 23.3 Å². The zero-order chi connectivity index (χ0) is 29.6. The predicted octanol–water partition coefficient (Wildman–Crippen LogP) is 8.32. The van der Waals surface area contributed by atoms with Gasteiger partial charge in [-0.05, 0) is 79.9 Å². The minimum absolute atomic E-state index is 0.329. The highest BCUT2D eigenvalue weighted by atomic mass is 32.2. The van der Waals surface area contributed by atoms with Crippen LogP contribution >= 0.6 is 0 Å². The first-order valence-corrected chi connectivity index (χ1v) is 14.0. The fraction of sp³-hybridized carbons (Fsp3) is 0.182. The van der Waals surface area contributed by atoms with Gasteiger partial charge in [0.1, 0.15) is 11.5 Å². The molecular weight excluding hydrogens is 549 g/mol. The van der Waals surface area contributed by atoms with E-state index in [4.69, 9.17) is 9.47 Å². The zero-order valence-electron chi connectivity index (χ0n) is 22.9. The number of alkyl halides is 3. The maximum Gasteiger partial charge on any atom is 0.573 e. The SMILES string of the molecule is C=CC(C)(OC(=O)COc1c(C)cc([S+](c2ccccc2)c2ccccc2)cc1C)c1ccc(OC(F)(F)F)cc1. The van der Waals surface area contributed by atoms with E-state index in [1.807, 2.05) is 50.2 Å². The van der Waals surface area contributed by atoms with E-state index in [1.165, 1.54) is 28.0 Å². The summed E-state index contributed by atoms with van der Waals surface area (Å²) in [6.45, 7) is 8.85. The lowest BCUT2D eigenvalue weighted by molar-refractivity contribution is -0.274. The van der Waals surface area contributed by atoms with Gasteiger partial charge in [-0.15, -0.1) is 13.2 Å². The first-order chi connectivity index (χ1) is 19.5. The van der Waals surface area contributed by atoms with Crippen LogP contribution < -0.4 is 9.47 Å². The van der Waals surface area contributed by atoms with Gasteiger partial charge >= 0.3 is 12.3 Å². The van der Waals surface area contributed by atoms with Crippen LogP contribution in [0.25, 0.3) is 0 Å². The molecular formula is C33H30F3O4S+. The minimum atomic E-state index is -4.80. The second kappa shape index (κ2) is 12.6. The molecule has 4 rings (SSSR count). The van der Waals surface area contributed by atoms with Crippen molar-refractivity contribution in [3.8, 4) is 11.5 Å². The molecule has 0 N–H and O–H groups in total. The summed E-state index contributed by atoms with van der Waals surface area (Å²) in [5, 5.41) is 0. The lowest BCUT2D eigenvalue weighted by Gasteiger charge is -2.27. The van der Waals surface area contributed by atoms with Gasteiger partial charge in [-0.1, -0.05) is 55.1 Å². The molecule has 0 aromatic heterocycles. The van der Waals surface area contributed by atoms with Crippen LogP contribution in [0.5, 0.6) is 11.5 Å². The number of benzene rings is 4. The standard InChI is InChI=1S/C33H30F3O4S/c1-5-32(4,25-16-18-26(19-17-25)39-33(34,35)36)40-30(37)22-38-31-23(2)20-29(21-24(31)3)41(27-12-8-6-9-13-27)28-14-10-7-11-15-28/h5-21H,1,22H2,2-4H3/q+1. The Morgan fingerprint density at radius 1 is 0.829 bits per heavy atom. The van der Waals surface area contributed by atoms with E-state index in [1.54, 1.807) is 6.92 Å². The molecule has 0 heterocycles. The highest BCUT2D eigenvalue weighted by molar-refractivity contribution is 7.97. The first-order valence-electron chi connectivity index (χ1n) is 12.8. The summed E-state index contributed by atoms with van der Waals surface area (Å²) < 4.78 is 53.0. The van der Waals surface area contributed by atoms with E-state index < -0.39 is 17.9 Å². The number of halogens is 3. The Morgan fingerprint density at radius 3 is 1.80 bits per heavy atom.